The quantitative estimate of drug-likeness (QED) is 0.539. The fourth-order valence-electron chi connectivity index (χ4n) is 2.47. The van der Waals surface area contributed by atoms with Gasteiger partial charge in [0.1, 0.15) is 0 Å². The maximum Gasteiger partial charge on any atom is 0.416 e. The third kappa shape index (κ3) is 5.58. The van der Waals surface area contributed by atoms with Crippen LogP contribution in [-0.2, 0) is 15.8 Å². The summed E-state index contributed by atoms with van der Waals surface area (Å²) < 4.78 is 38.2. The summed E-state index contributed by atoms with van der Waals surface area (Å²) in [5.74, 6) is -2.07. The van der Waals surface area contributed by atoms with E-state index in [4.69, 9.17) is 0 Å². The van der Waals surface area contributed by atoms with Crippen molar-refractivity contribution in [2.24, 2.45) is 0 Å². The minimum Gasteiger partial charge on any atom is -0.356 e. The van der Waals surface area contributed by atoms with Crippen molar-refractivity contribution in [1.29, 1.82) is 0 Å². The summed E-state index contributed by atoms with van der Waals surface area (Å²) in [7, 11) is 0. The van der Waals surface area contributed by atoms with Gasteiger partial charge in [-0.05, 0) is 54.6 Å². The summed E-state index contributed by atoms with van der Waals surface area (Å²) >= 11 is 0. The summed E-state index contributed by atoms with van der Waals surface area (Å²) in [4.78, 5) is 24.0. The molecule has 3 N–H and O–H groups in total. The molecule has 3 aromatic rings. The van der Waals surface area contributed by atoms with Gasteiger partial charge in [0.2, 0.25) is 0 Å². The summed E-state index contributed by atoms with van der Waals surface area (Å²) in [5.41, 5.74) is 1.000. The molecule has 0 aliphatic carbocycles. The van der Waals surface area contributed by atoms with Gasteiger partial charge in [-0.2, -0.15) is 13.2 Å². The molecule has 0 aromatic heterocycles. The molecular weight excluding hydrogens is 383 g/mol. The molecule has 29 heavy (non-hydrogen) atoms. The van der Waals surface area contributed by atoms with Gasteiger partial charge in [-0.15, -0.1) is 0 Å². The van der Waals surface area contributed by atoms with Crippen LogP contribution < -0.4 is 16.0 Å². The van der Waals surface area contributed by atoms with Crippen LogP contribution in [0.5, 0.6) is 0 Å². The van der Waals surface area contributed by atoms with Crippen molar-refractivity contribution in [3.05, 3.63) is 84.4 Å². The first kappa shape index (κ1) is 19.9. The molecule has 0 radical (unpaired) electrons. The van der Waals surface area contributed by atoms with Crippen molar-refractivity contribution in [1.82, 2.24) is 0 Å². The van der Waals surface area contributed by atoms with Gasteiger partial charge in [0.05, 0.1) is 5.56 Å². The number of alkyl halides is 3. The lowest BCUT2D eigenvalue weighted by atomic mass is 10.2. The van der Waals surface area contributed by atoms with Crippen molar-refractivity contribution in [2.45, 2.75) is 6.18 Å². The van der Waals surface area contributed by atoms with Crippen LogP contribution in [0.15, 0.2) is 78.9 Å². The Kier molecular flexibility index (Phi) is 5.82. The predicted octanol–water partition coefficient (Wildman–Crippen LogP) is 5.03. The number of nitrogens with one attached hydrogen (secondary N) is 3. The van der Waals surface area contributed by atoms with Crippen LogP contribution in [0.25, 0.3) is 0 Å². The minimum atomic E-state index is -4.54. The number of rotatable bonds is 4. The highest BCUT2D eigenvalue weighted by atomic mass is 19.4. The van der Waals surface area contributed by atoms with Crippen LogP contribution in [0, 0.1) is 0 Å². The largest absolute Gasteiger partial charge is 0.416 e. The Bertz CT molecular complexity index is 1000. The third-order valence-electron chi connectivity index (χ3n) is 3.86. The molecule has 0 heterocycles. The summed E-state index contributed by atoms with van der Waals surface area (Å²) in [5, 5.41) is 7.73. The number of hydrogen-bond acceptors (Lipinski definition) is 3. The van der Waals surface area contributed by atoms with E-state index in [2.05, 4.69) is 16.0 Å². The highest BCUT2D eigenvalue weighted by Gasteiger charge is 2.30. The van der Waals surface area contributed by atoms with Gasteiger partial charge >= 0.3 is 18.0 Å². The molecule has 0 bridgehead atoms. The Hall–Kier alpha value is -3.81. The highest BCUT2D eigenvalue weighted by molar-refractivity contribution is 6.43. The van der Waals surface area contributed by atoms with E-state index < -0.39 is 23.6 Å². The monoisotopic (exact) mass is 399 g/mol. The van der Waals surface area contributed by atoms with E-state index in [0.29, 0.717) is 5.69 Å². The van der Waals surface area contributed by atoms with E-state index in [1.807, 2.05) is 30.3 Å². The smallest absolute Gasteiger partial charge is 0.356 e. The Morgan fingerprint density at radius 1 is 0.621 bits per heavy atom. The number of benzene rings is 3. The van der Waals surface area contributed by atoms with E-state index >= 15 is 0 Å². The van der Waals surface area contributed by atoms with Crippen molar-refractivity contribution in [3.8, 4) is 0 Å². The molecule has 8 heteroatoms. The van der Waals surface area contributed by atoms with Crippen molar-refractivity contribution >= 4 is 34.6 Å². The molecule has 0 aliphatic rings. The molecule has 2 amide bonds. The van der Waals surface area contributed by atoms with Crippen LogP contribution in [-0.4, -0.2) is 11.8 Å². The number of hydrogen-bond donors (Lipinski definition) is 3. The average Bonchev–Trinajstić information content (AvgIpc) is 2.70. The molecule has 5 nitrogen and oxygen atoms in total. The highest BCUT2D eigenvalue weighted by Crippen LogP contribution is 2.30. The number of carbonyl (C=O) groups excluding carboxylic acids is 2. The van der Waals surface area contributed by atoms with Gasteiger partial charge in [0.25, 0.3) is 0 Å². The van der Waals surface area contributed by atoms with E-state index in [9.17, 15) is 22.8 Å². The Labute approximate surface area is 164 Å². The second-order valence-corrected chi connectivity index (χ2v) is 6.06. The van der Waals surface area contributed by atoms with Crippen molar-refractivity contribution in [2.75, 3.05) is 16.0 Å². The van der Waals surface area contributed by atoms with Crippen LogP contribution in [0.1, 0.15) is 5.56 Å². The van der Waals surface area contributed by atoms with Crippen LogP contribution in [0.3, 0.4) is 0 Å². The fourth-order valence-corrected chi connectivity index (χ4v) is 2.47. The number of carbonyl (C=O) groups is 2. The molecule has 0 aliphatic heterocycles. The number of halogens is 3. The number of anilines is 4. The maximum atomic E-state index is 12.7. The molecule has 0 atom stereocenters. The third-order valence-corrected chi connectivity index (χ3v) is 3.86. The molecule has 0 saturated heterocycles. The predicted molar refractivity (Wildman–Crippen MR) is 105 cm³/mol. The van der Waals surface area contributed by atoms with E-state index in [0.717, 1.165) is 29.6 Å². The Balaban J connectivity index is 1.59. The first-order chi connectivity index (χ1) is 13.8. The van der Waals surface area contributed by atoms with E-state index in [-0.39, 0.29) is 5.69 Å². The zero-order chi connectivity index (χ0) is 20.9. The summed E-state index contributed by atoms with van der Waals surface area (Å²) in [6.07, 6.45) is -4.54. The first-order valence-corrected chi connectivity index (χ1v) is 8.53. The molecule has 3 rings (SSSR count). The van der Waals surface area contributed by atoms with Gasteiger partial charge in [-0.25, -0.2) is 0 Å². The minimum absolute atomic E-state index is 0.123. The standard InChI is InChI=1S/C21H16F3N3O2/c22-21(23,24)14-5-4-8-18(13-14)27-20(29)19(28)26-17-11-9-16(10-12-17)25-15-6-2-1-3-7-15/h1-13,25H,(H,26,28)(H,27,29). The molecular formula is C21H16F3N3O2. The van der Waals surface area contributed by atoms with Gasteiger partial charge in [0, 0.05) is 22.7 Å². The second kappa shape index (κ2) is 8.47. The topological polar surface area (TPSA) is 70.2 Å². The van der Waals surface area contributed by atoms with E-state index in [1.54, 1.807) is 24.3 Å². The zero-order valence-electron chi connectivity index (χ0n) is 15.0. The molecule has 0 spiro atoms. The lowest BCUT2D eigenvalue weighted by Crippen LogP contribution is -2.29. The average molecular weight is 399 g/mol. The molecule has 0 saturated carbocycles. The molecule has 0 fully saturated rings. The molecule has 3 aromatic carbocycles. The molecule has 148 valence electrons. The maximum absolute atomic E-state index is 12.7. The number of amides is 2. The van der Waals surface area contributed by atoms with Crippen LogP contribution in [0.2, 0.25) is 0 Å². The molecule has 0 unspecified atom stereocenters. The lowest BCUT2D eigenvalue weighted by molar-refractivity contribution is -0.137. The summed E-state index contributed by atoms with van der Waals surface area (Å²) in [6.45, 7) is 0. The second-order valence-electron chi connectivity index (χ2n) is 6.06. The summed E-state index contributed by atoms with van der Waals surface area (Å²) in [6, 6.07) is 20.1. The van der Waals surface area contributed by atoms with Crippen molar-refractivity contribution in [3.63, 3.8) is 0 Å². The SMILES string of the molecule is O=C(Nc1ccc(Nc2ccccc2)cc1)C(=O)Nc1cccc(C(F)(F)F)c1. The van der Waals surface area contributed by atoms with Crippen LogP contribution >= 0.6 is 0 Å². The number of para-hydroxylation sites is 1. The Morgan fingerprint density at radius 3 is 1.76 bits per heavy atom. The van der Waals surface area contributed by atoms with Gasteiger partial charge in [-0.1, -0.05) is 24.3 Å². The normalized spacial score (nSPS) is 10.9. The zero-order valence-corrected chi connectivity index (χ0v) is 15.0. The Morgan fingerprint density at radius 2 is 1.14 bits per heavy atom. The van der Waals surface area contributed by atoms with Gasteiger partial charge in [0.15, 0.2) is 0 Å². The van der Waals surface area contributed by atoms with Gasteiger partial charge < -0.3 is 16.0 Å². The lowest BCUT2D eigenvalue weighted by Gasteiger charge is -2.10. The fraction of sp³-hybridized carbons (Fsp3) is 0.0476. The van der Waals surface area contributed by atoms with Crippen molar-refractivity contribution < 1.29 is 22.8 Å². The van der Waals surface area contributed by atoms with E-state index in [1.165, 1.54) is 6.07 Å². The van der Waals surface area contributed by atoms with Crippen LogP contribution in [0.4, 0.5) is 35.9 Å². The first-order valence-electron chi connectivity index (χ1n) is 8.53. The van der Waals surface area contributed by atoms with Gasteiger partial charge in [-0.3, -0.25) is 9.59 Å².